The highest BCUT2D eigenvalue weighted by Gasteiger charge is 2.24. The van der Waals surface area contributed by atoms with Gasteiger partial charge in [-0.05, 0) is 31.2 Å². The second-order valence-electron chi connectivity index (χ2n) is 5.61. The van der Waals surface area contributed by atoms with Crippen molar-refractivity contribution in [3.63, 3.8) is 0 Å². The molecule has 2 nitrogen and oxygen atoms in total. The monoisotopic (exact) mass is 226 g/mol. The maximum absolute atomic E-state index is 6.06. The van der Waals surface area contributed by atoms with Crippen LogP contribution in [-0.4, -0.2) is 30.6 Å². The Morgan fingerprint density at radius 3 is 2.69 bits per heavy atom. The molecule has 2 N–H and O–H groups in total. The minimum Gasteiger partial charge on any atom is -0.327 e. The molecule has 0 saturated carbocycles. The summed E-state index contributed by atoms with van der Waals surface area (Å²) in [6.07, 6.45) is 6.64. The Hall–Kier alpha value is -0.0800. The third-order valence-corrected chi connectivity index (χ3v) is 4.12. The van der Waals surface area contributed by atoms with E-state index in [1.807, 2.05) is 0 Å². The first-order valence-corrected chi connectivity index (χ1v) is 7.15. The molecule has 1 rings (SSSR count). The van der Waals surface area contributed by atoms with Crippen molar-refractivity contribution in [2.45, 2.75) is 58.9 Å². The highest BCUT2D eigenvalue weighted by Crippen LogP contribution is 2.19. The van der Waals surface area contributed by atoms with E-state index >= 15 is 0 Å². The van der Waals surface area contributed by atoms with Gasteiger partial charge in [-0.25, -0.2) is 0 Å². The van der Waals surface area contributed by atoms with Gasteiger partial charge in [-0.2, -0.15) is 0 Å². The molecule has 0 aromatic heterocycles. The molecule has 0 amide bonds. The standard InChI is InChI=1S/C14H30N2/c1-4-6-7-13(5-2)11-16-9-8-14(15)12(3)10-16/h12-14H,4-11,15H2,1-3H3. The van der Waals surface area contributed by atoms with Crippen LogP contribution in [0, 0.1) is 11.8 Å². The van der Waals surface area contributed by atoms with Gasteiger partial charge in [-0.15, -0.1) is 0 Å². The second kappa shape index (κ2) is 7.29. The van der Waals surface area contributed by atoms with Crippen molar-refractivity contribution in [3.05, 3.63) is 0 Å². The zero-order chi connectivity index (χ0) is 12.0. The molecule has 3 unspecified atom stereocenters. The Bertz CT molecular complexity index is 182. The van der Waals surface area contributed by atoms with Gasteiger partial charge in [0.15, 0.2) is 0 Å². The summed E-state index contributed by atoms with van der Waals surface area (Å²) in [7, 11) is 0. The first kappa shape index (κ1) is 14.0. The zero-order valence-electron chi connectivity index (χ0n) is 11.4. The van der Waals surface area contributed by atoms with Crippen molar-refractivity contribution in [1.29, 1.82) is 0 Å². The smallest absolute Gasteiger partial charge is 0.00889 e. The molecule has 96 valence electrons. The average molecular weight is 226 g/mol. The van der Waals surface area contributed by atoms with Crippen LogP contribution in [0.4, 0.5) is 0 Å². The van der Waals surface area contributed by atoms with E-state index < -0.39 is 0 Å². The van der Waals surface area contributed by atoms with Crippen molar-refractivity contribution < 1.29 is 0 Å². The van der Waals surface area contributed by atoms with Crippen LogP contribution in [0.2, 0.25) is 0 Å². The van der Waals surface area contributed by atoms with Crippen LogP contribution < -0.4 is 5.73 Å². The van der Waals surface area contributed by atoms with E-state index in [1.54, 1.807) is 0 Å². The Labute approximate surface area is 102 Å². The lowest BCUT2D eigenvalue weighted by atomic mass is 9.92. The molecule has 1 fully saturated rings. The van der Waals surface area contributed by atoms with Gasteiger partial charge < -0.3 is 10.6 Å². The fraction of sp³-hybridized carbons (Fsp3) is 1.00. The quantitative estimate of drug-likeness (QED) is 0.754. The molecule has 1 heterocycles. The van der Waals surface area contributed by atoms with Crippen LogP contribution in [0.25, 0.3) is 0 Å². The van der Waals surface area contributed by atoms with Crippen molar-refractivity contribution in [2.24, 2.45) is 17.6 Å². The van der Waals surface area contributed by atoms with E-state index in [0.29, 0.717) is 12.0 Å². The molecule has 3 atom stereocenters. The van der Waals surface area contributed by atoms with Crippen molar-refractivity contribution in [1.82, 2.24) is 4.90 Å². The molecule has 1 aliphatic heterocycles. The van der Waals surface area contributed by atoms with Crippen molar-refractivity contribution in [3.8, 4) is 0 Å². The Balaban J connectivity index is 2.29. The summed E-state index contributed by atoms with van der Waals surface area (Å²) in [6.45, 7) is 10.6. The maximum Gasteiger partial charge on any atom is 0.00889 e. The van der Waals surface area contributed by atoms with E-state index in [0.717, 1.165) is 5.92 Å². The summed E-state index contributed by atoms with van der Waals surface area (Å²) >= 11 is 0. The molecule has 2 heteroatoms. The predicted molar refractivity (Wildman–Crippen MR) is 71.5 cm³/mol. The first-order valence-electron chi connectivity index (χ1n) is 7.15. The number of rotatable bonds is 6. The minimum atomic E-state index is 0.437. The molecular weight excluding hydrogens is 196 g/mol. The third-order valence-electron chi connectivity index (χ3n) is 4.12. The summed E-state index contributed by atoms with van der Waals surface area (Å²) in [5, 5.41) is 0. The number of likely N-dealkylation sites (tertiary alicyclic amines) is 1. The van der Waals surface area contributed by atoms with E-state index in [2.05, 4.69) is 25.7 Å². The number of nitrogens with two attached hydrogens (primary N) is 1. The summed E-state index contributed by atoms with van der Waals surface area (Å²) in [6, 6.07) is 0.437. The van der Waals surface area contributed by atoms with Gasteiger partial charge in [-0.1, -0.05) is 40.0 Å². The maximum atomic E-state index is 6.06. The number of piperidine rings is 1. The van der Waals surface area contributed by atoms with Crippen LogP contribution in [0.15, 0.2) is 0 Å². The third kappa shape index (κ3) is 4.42. The van der Waals surface area contributed by atoms with Gasteiger partial charge in [0.05, 0.1) is 0 Å². The van der Waals surface area contributed by atoms with Crippen LogP contribution in [-0.2, 0) is 0 Å². The highest BCUT2D eigenvalue weighted by atomic mass is 15.1. The number of nitrogens with zero attached hydrogens (tertiary/aromatic N) is 1. The molecule has 0 aromatic carbocycles. The largest absolute Gasteiger partial charge is 0.327 e. The lowest BCUT2D eigenvalue weighted by Crippen LogP contribution is -2.47. The van der Waals surface area contributed by atoms with Crippen molar-refractivity contribution in [2.75, 3.05) is 19.6 Å². The molecule has 0 aromatic rings. The van der Waals surface area contributed by atoms with Crippen LogP contribution >= 0.6 is 0 Å². The van der Waals surface area contributed by atoms with Crippen LogP contribution in [0.5, 0.6) is 0 Å². The molecule has 0 bridgehead atoms. The summed E-state index contributed by atoms with van der Waals surface area (Å²) < 4.78 is 0. The van der Waals surface area contributed by atoms with Gasteiger partial charge in [0.1, 0.15) is 0 Å². The lowest BCUT2D eigenvalue weighted by Gasteiger charge is -2.36. The molecule has 16 heavy (non-hydrogen) atoms. The second-order valence-corrected chi connectivity index (χ2v) is 5.61. The molecule has 0 spiro atoms. The zero-order valence-corrected chi connectivity index (χ0v) is 11.4. The Morgan fingerprint density at radius 1 is 1.38 bits per heavy atom. The lowest BCUT2D eigenvalue weighted by molar-refractivity contribution is 0.138. The topological polar surface area (TPSA) is 29.3 Å². The number of hydrogen-bond acceptors (Lipinski definition) is 2. The van der Waals surface area contributed by atoms with Gasteiger partial charge in [0.2, 0.25) is 0 Å². The summed E-state index contributed by atoms with van der Waals surface area (Å²) in [5.41, 5.74) is 6.06. The normalized spacial score (nSPS) is 29.2. The van der Waals surface area contributed by atoms with Gasteiger partial charge >= 0.3 is 0 Å². The van der Waals surface area contributed by atoms with Gasteiger partial charge in [-0.3, -0.25) is 0 Å². The predicted octanol–water partition coefficient (Wildman–Crippen LogP) is 2.87. The fourth-order valence-electron chi connectivity index (χ4n) is 2.70. The fourth-order valence-corrected chi connectivity index (χ4v) is 2.70. The molecule has 0 radical (unpaired) electrons. The van der Waals surface area contributed by atoms with E-state index in [1.165, 1.54) is 51.7 Å². The number of unbranched alkanes of at least 4 members (excludes halogenated alkanes) is 1. The first-order chi connectivity index (χ1) is 7.67. The average Bonchev–Trinajstić information content (AvgIpc) is 2.29. The molecule has 1 aliphatic rings. The Morgan fingerprint density at radius 2 is 2.12 bits per heavy atom. The van der Waals surface area contributed by atoms with Gasteiger partial charge in [0, 0.05) is 19.1 Å². The van der Waals surface area contributed by atoms with E-state index in [9.17, 15) is 0 Å². The summed E-state index contributed by atoms with van der Waals surface area (Å²) in [4.78, 5) is 2.64. The molecule has 1 saturated heterocycles. The highest BCUT2D eigenvalue weighted by molar-refractivity contribution is 4.81. The van der Waals surface area contributed by atoms with E-state index in [-0.39, 0.29) is 0 Å². The van der Waals surface area contributed by atoms with Crippen LogP contribution in [0.3, 0.4) is 0 Å². The SMILES string of the molecule is CCCCC(CC)CN1CCC(N)C(C)C1. The van der Waals surface area contributed by atoms with Crippen LogP contribution in [0.1, 0.15) is 52.9 Å². The molecular formula is C14H30N2. The summed E-state index contributed by atoms with van der Waals surface area (Å²) in [5.74, 6) is 1.58. The molecule has 0 aliphatic carbocycles. The minimum absolute atomic E-state index is 0.437. The van der Waals surface area contributed by atoms with Crippen molar-refractivity contribution >= 4 is 0 Å². The van der Waals surface area contributed by atoms with E-state index in [4.69, 9.17) is 5.73 Å². The number of hydrogen-bond donors (Lipinski definition) is 1. The van der Waals surface area contributed by atoms with Gasteiger partial charge in [0.25, 0.3) is 0 Å². The Kier molecular flexibility index (Phi) is 6.37.